The number of amides is 1. The van der Waals surface area contributed by atoms with E-state index in [4.69, 9.17) is 4.74 Å². The van der Waals surface area contributed by atoms with Gasteiger partial charge in [-0.05, 0) is 32.4 Å². The molecule has 1 aromatic rings. The van der Waals surface area contributed by atoms with Crippen LogP contribution >= 0.6 is 11.3 Å². The molecule has 6 nitrogen and oxygen atoms in total. The number of hydrogen-bond acceptors (Lipinski definition) is 6. The summed E-state index contributed by atoms with van der Waals surface area (Å²) in [4.78, 5) is 34.6. The maximum absolute atomic E-state index is 11.6. The monoisotopic (exact) mass is 285 g/mol. The Bertz CT molecular complexity index is 494. The van der Waals surface area contributed by atoms with Crippen LogP contribution < -0.4 is 5.32 Å². The van der Waals surface area contributed by atoms with Gasteiger partial charge in [-0.25, -0.2) is 9.59 Å². The van der Waals surface area contributed by atoms with Gasteiger partial charge >= 0.3 is 17.8 Å². The van der Waals surface area contributed by atoms with Crippen LogP contribution in [0.2, 0.25) is 0 Å². The molecular formula is C12H15NO5S. The molecule has 0 aromatic carbocycles. The normalized spacial score (nSPS) is 9.84. The van der Waals surface area contributed by atoms with Crippen LogP contribution in [0.25, 0.3) is 0 Å². The van der Waals surface area contributed by atoms with Gasteiger partial charge < -0.3 is 14.8 Å². The molecule has 0 saturated heterocycles. The molecule has 1 aromatic heterocycles. The predicted molar refractivity (Wildman–Crippen MR) is 70.3 cm³/mol. The summed E-state index contributed by atoms with van der Waals surface area (Å²) < 4.78 is 9.44. The standard InChI is InChI=1S/C12H15NO5S/c1-4-17-11(15)9-7(3)6-8(19-9)13-10(14)12(16)18-5-2/h6H,4-5H2,1-3H3,(H,13,14). The van der Waals surface area contributed by atoms with E-state index in [1.165, 1.54) is 0 Å². The Balaban J connectivity index is 2.76. The third-order valence-electron chi connectivity index (χ3n) is 2.08. The fourth-order valence-corrected chi connectivity index (χ4v) is 2.26. The highest BCUT2D eigenvalue weighted by Gasteiger charge is 2.19. The van der Waals surface area contributed by atoms with Crippen LogP contribution in [0.5, 0.6) is 0 Å². The Morgan fingerprint density at radius 3 is 2.42 bits per heavy atom. The van der Waals surface area contributed by atoms with Gasteiger partial charge in [0.15, 0.2) is 0 Å². The number of aryl methyl sites for hydroxylation is 1. The van der Waals surface area contributed by atoms with Gasteiger partial charge in [0.25, 0.3) is 0 Å². The van der Waals surface area contributed by atoms with Gasteiger partial charge in [0.05, 0.1) is 18.2 Å². The number of carbonyl (C=O) groups excluding carboxylic acids is 3. The molecule has 0 saturated carbocycles. The third-order valence-corrected chi connectivity index (χ3v) is 3.21. The maximum Gasteiger partial charge on any atom is 0.397 e. The lowest BCUT2D eigenvalue weighted by molar-refractivity contribution is -0.152. The first kappa shape index (κ1) is 15.2. The summed E-state index contributed by atoms with van der Waals surface area (Å²) in [6.07, 6.45) is 0. The van der Waals surface area contributed by atoms with Crippen LogP contribution in [0.4, 0.5) is 5.00 Å². The van der Waals surface area contributed by atoms with Crippen molar-refractivity contribution < 1.29 is 23.9 Å². The van der Waals surface area contributed by atoms with E-state index < -0.39 is 17.8 Å². The summed E-state index contributed by atoms with van der Waals surface area (Å²) in [5.74, 6) is -2.26. The van der Waals surface area contributed by atoms with Crippen LogP contribution in [-0.2, 0) is 19.1 Å². The van der Waals surface area contributed by atoms with Crippen molar-refractivity contribution in [3.05, 3.63) is 16.5 Å². The summed E-state index contributed by atoms with van der Waals surface area (Å²) in [6, 6.07) is 1.61. The summed E-state index contributed by atoms with van der Waals surface area (Å²) in [6.45, 7) is 5.46. The molecule has 1 amide bonds. The van der Waals surface area contributed by atoms with E-state index in [9.17, 15) is 14.4 Å². The van der Waals surface area contributed by atoms with Crippen molar-refractivity contribution >= 4 is 34.2 Å². The highest BCUT2D eigenvalue weighted by molar-refractivity contribution is 7.18. The molecule has 0 unspecified atom stereocenters. The molecule has 0 fully saturated rings. The first-order valence-corrected chi connectivity index (χ1v) is 6.56. The van der Waals surface area contributed by atoms with Crippen LogP contribution in [0.15, 0.2) is 6.07 Å². The Hall–Kier alpha value is -1.89. The van der Waals surface area contributed by atoms with Crippen molar-refractivity contribution in [1.82, 2.24) is 0 Å². The number of esters is 2. The lowest BCUT2D eigenvalue weighted by Gasteiger charge is -2.01. The second kappa shape index (κ2) is 6.89. The van der Waals surface area contributed by atoms with E-state index in [-0.39, 0.29) is 13.2 Å². The fourth-order valence-electron chi connectivity index (χ4n) is 1.30. The molecule has 1 N–H and O–H groups in total. The summed E-state index contributed by atoms with van der Waals surface area (Å²) in [5, 5.41) is 2.78. The molecule has 0 radical (unpaired) electrons. The van der Waals surface area contributed by atoms with Crippen LogP contribution in [-0.4, -0.2) is 31.1 Å². The zero-order valence-corrected chi connectivity index (χ0v) is 11.8. The topological polar surface area (TPSA) is 81.7 Å². The van der Waals surface area contributed by atoms with Crippen molar-refractivity contribution in [2.75, 3.05) is 18.5 Å². The highest BCUT2D eigenvalue weighted by atomic mass is 32.1. The third kappa shape index (κ3) is 4.06. The zero-order valence-electron chi connectivity index (χ0n) is 10.9. The van der Waals surface area contributed by atoms with Gasteiger partial charge in [0.2, 0.25) is 0 Å². The summed E-state index contributed by atoms with van der Waals surface area (Å²) in [5.41, 5.74) is 0.683. The number of rotatable bonds is 4. The van der Waals surface area contributed by atoms with Crippen LogP contribution in [0, 0.1) is 6.92 Å². The number of carbonyl (C=O) groups is 3. The zero-order chi connectivity index (χ0) is 14.4. The fraction of sp³-hybridized carbons (Fsp3) is 0.417. The molecule has 1 rings (SSSR count). The average molecular weight is 285 g/mol. The molecule has 104 valence electrons. The van der Waals surface area contributed by atoms with Crippen molar-refractivity contribution in [3.8, 4) is 0 Å². The van der Waals surface area contributed by atoms with E-state index >= 15 is 0 Å². The molecule has 7 heteroatoms. The Kier molecular flexibility index (Phi) is 5.50. The molecule has 0 spiro atoms. The van der Waals surface area contributed by atoms with Gasteiger partial charge in [-0.1, -0.05) is 0 Å². The van der Waals surface area contributed by atoms with Crippen LogP contribution in [0.3, 0.4) is 0 Å². The lowest BCUT2D eigenvalue weighted by atomic mass is 10.3. The number of thiophene rings is 1. The molecule has 0 bridgehead atoms. The van der Waals surface area contributed by atoms with Gasteiger partial charge in [-0.3, -0.25) is 4.79 Å². The molecule has 19 heavy (non-hydrogen) atoms. The highest BCUT2D eigenvalue weighted by Crippen LogP contribution is 2.27. The number of nitrogens with one attached hydrogen (secondary N) is 1. The first-order chi connectivity index (χ1) is 8.99. The molecule has 0 aliphatic carbocycles. The quantitative estimate of drug-likeness (QED) is 0.673. The lowest BCUT2D eigenvalue weighted by Crippen LogP contribution is -2.24. The van der Waals surface area contributed by atoms with Gasteiger partial charge in [-0.2, -0.15) is 0 Å². The van der Waals surface area contributed by atoms with Crippen molar-refractivity contribution in [3.63, 3.8) is 0 Å². The molecule has 1 heterocycles. The number of hydrogen-bond donors (Lipinski definition) is 1. The van der Waals surface area contributed by atoms with Crippen molar-refractivity contribution in [2.45, 2.75) is 20.8 Å². The van der Waals surface area contributed by atoms with Gasteiger partial charge in [-0.15, -0.1) is 11.3 Å². The molecule has 0 atom stereocenters. The van der Waals surface area contributed by atoms with Gasteiger partial charge in [0, 0.05) is 0 Å². The van der Waals surface area contributed by atoms with Crippen molar-refractivity contribution in [1.29, 1.82) is 0 Å². The smallest absolute Gasteiger partial charge is 0.397 e. The Labute approximate surface area is 114 Å². The minimum atomic E-state index is -0.953. The predicted octanol–water partition coefficient (Wildman–Crippen LogP) is 1.73. The Morgan fingerprint density at radius 2 is 1.84 bits per heavy atom. The summed E-state index contributed by atoms with van der Waals surface area (Å²) >= 11 is 1.06. The van der Waals surface area contributed by atoms with E-state index in [1.807, 2.05) is 0 Å². The summed E-state index contributed by atoms with van der Waals surface area (Å²) in [7, 11) is 0. The van der Waals surface area contributed by atoms with E-state index in [1.54, 1.807) is 26.8 Å². The van der Waals surface area contributed by atoms with Crippen LogP contribution in [0.1, 0.15) is 29.1 Å². The number of anilines is 1. The second-order valence-electron chi connectivity index (χ2n) is 3.52. The Morgan fingerprint density at radius 1 is 1.21 bits per heavy atom. The van der Waals surface area contributed by atoms with E-state index in [0.717, 1.165) is 11.3 Å². The molecule has 0 aliphatic rings. The van der Waals surface area contributed by atoms with E-state index in [2.05, 4.69) is 10.1 Å². The van der Waals surface area contributed by atoms with E-state index in [0.29, 0.717) is 15.4 Å². The van der Waals surface area contributed by atoms with Gasteiger partial charge in [0.1, 0.15) is 4.88 Å². The first-order valence-electron chi connectivity index (χ1n) is 5.75. The number of ether oxygens (including phenoxy) is 2. The minimum Gasteiger partial charge on any atom is -0.462 e. The maximum atomic E-state index is 11.6. The second-order valence-corrected chi connectivity index (χ2v) is 4.57. The minimum absolute atomic E-state index is 0.129. The molecular weight excluding hydrogens is 270 g/mol. The molecule has 0 aliphatic heterocycles. The SMILES string of the molecule is CCOC(=O)C(=O)Nc1cc(C)c(C(=O)OCC)s1. The largest absolute Gasteiger partial charge is 0.462 e. The van der Waals surface area contributed by atoms with Crippen molar-refractivity contribution in [2.24, 2.45) is 0 Å². The average Bonchev–Trinajstić information content (AvgIpc) is 2.70.